The number of amides is 1. The molecular formula is C21H29BrN2O3. The van der Waals surface area contributed by atoms with Gasteiger partial charge < -0.3 is 14.4 Å². The van der Waals surface area contributed by atoms with Crippen LogP contribution in [0.5, 0.6) is 5.75 Å². The van der Waals surface area contributed by atoms with E-state index in [1.54, 1.807) is 7.11 Å². The molecule has 2 heterocycles. The molecule has 0 N–H and O–H groups in total. The number of carbonyl (C=O) groups is 1. The summed E-state index contributed by atoms with van der Waals surface area (Å²) in [6, 6.07) is 6.21. The van der Waals surface area contributed by atoms with Gasteiger partial charge in [-0.2, -0.15) is 0 Å². The summed E-state index contributed by atoms with van der Waals surface area (Å²) in [5, 5.41) is 0. The fourth-order valence-electron chi connectivity index (χ4n) is 4.24. The van der Waals surface area contributed by atoms with E-state index in [1.165, 1.54) is 35.7 Å². The number of nitrogens with zero attached hydrogens (tertiary/aromatic N) is 2. The molecule has 1 amide bonds. The van der Waals surface area contributed by atoms with Gasteiger partial charge in [0.2, 0.25) is 0 Å². The van der Waals surface area contributed by atoms with E-state index < -0.39 is 0 Å². The summed E-state index contributed by atoms with van der Waals surface area (Å²) in [5.74, 6) is 2.34. The minimum absolute atomic E-state index is 0.0420. The summed E-state index contributed by atoms with van der Waals surface area (Å²) < 4.78 is 12.1. The van der Waals surface area contributed by atoms with Gasteiger partial charge in [0.25, 0.3) is 0 Å². The second-order valence-corrected chi connectivity index (χ2v) is 9.11. The average Bonchev–Trinajstić information content (AvgIpc) is 3.42. The van der Waals surface area contributed by atoms with Gasteiger partial charge in [-0.15, -0.1) is 0 Å². The maximum absolute atomic E-state index is 12.0. The third kappa shape index (κ3) is 4.96. The van der Waals surface area contributed by atoms with E-state index in [2.05, 4.69) is 33.0 Å². The molecular weight excluding hydrogens is 408 g/mol. The lowest BCUT2D eigenvalue weighted by atomic mass is 9.90. The molecule has 1 aromatic rings. The summed E-state index contributed by atoms with van der Waals surface area (Å²) in [5.41, 5.74) is 1.33. The predicted octanol–water partition coefficient (Wildman–Crippen LogP) is 3.94. The average molecular weight is 437 g/mol. The molecule has 2 saturated heterocycles. The van der Waals surface area contributed by atoms with Crippen LogP contribution in [0.25, 0.3) is 0 Å². The Labute approximate surface area is 170 Å². The standard InChI is InChI=1S/C21H29BrN2O3/c1-26-18-4-5-20(22)17(11-18)10-15-6-8-23(9-7-15)13-19-14-24(21(25)27-19)12-16-2-3-16/h4-5,11,15-16,19H,2-3,6-10,12-14H2,1H3. The lowest BCUT2D eigenvalue weighted by Crippen LogP contribution is -2.40. The van der Waals surface area contributed by atoms with Gasteiger partial charge in [0.05, 0.1) is 13.7 Å². The largest absolute Gasteiger partial charge is 0.497 e. The number of hydrogen-bond acceptors (Lipinski definition) is 4. The number of benzene rings is 1. The highest BCUT2D eigenvalue weighted by Crippen LogP contribution is 2.32. The van der Waals surface area contributed by atoms with Crippen LogP contribution in [0.15, 0.2) is 22.7 Å². The zero-order valence-electron chi connectivity index (χ0n) is 16.0. The number of hydrogen-bond donors (Lipinski definition) is 0. The summed E-state index contributed by atoms with van der Waals surface area (Å²) in [6.07, 6.45) is 5.94. The fourth-order valence-corrected chi connectivity index (χ4v) is 4.65. The normalized spacial score (nSPS) is 24.3. The zero-order chi connectivity index (χ0) is 18.8. The van der Waals surface area contributed by atoms with Crippen molar-refractivity contribution in [2.45, 2.75) is 38.2 Å². The number of cyclic esters (lactones) is 1. The molecule has 1 saturated carbocycles. The predicted molar refractivity (Wildman–Crippen MR) is 108 cm³/mol. The Balaban J connectivity index is 1.23. The van der Waals surface area contributed by atoms with Crippen molar-refractivity contribution in [1.82, 2.24) is 9.80 Å². The van der Waals surface area contributed by atoms with Crippen LogP contribution in [0.1, 0.15) is 31.2 Å². The molecule has 6 heteroatoms. The van der Waals surface area contributed by atoms with E-state index in [1.807, 2.05) is 11.0 Å². The first-order valence-electron chi connectivity index (χ1n) is 10.1. The summed E-state index contributed by atoms with van der Waals surface area (Å²) >= 11 is 3.67. The van der Waals surface area contributed by atoms with Crippen molar-refractivity contribution in [3.05, 3.63) is 28.2 Å². The Hall–Kier alpha value is -1.27. The molecule has 0 radical (unpaired) electrons. The van der Waals surface area contributed by atoms with Crippen molar-refractivity contribution in [3.63, 3.8) is 0 Å². The highest BCUT2D eigenvalue weighted by atomic mass is 79.9. The molecule has 1 unspecified atom stereocenters. The highest BCUT2D eigenvalue weighted by molar-refractivity contribution is 9.10. The van der Waals surface area contributed by atoms with Gasteiger partial charge >= 0.3 is 6.09 Å². The van der Waals surface area contributed by atoms with E-state index in [0.29, 0.717) is 5.92 Å². The Morgan fingerprint density at radius 1 is 1.15 bits per heavy atom. The quantitative estimate of drug-likeness (QED) is 0.648. The van der Waals surface area contributed by atoms with Crippen LogP contribution in [0.2, 0.25) is 0 Å². The smallest absolute Gasteiger partial charge is 0.410 e. The number of methoxy groups -OCH3 is 1. The van der Waals surface area contributed by atoms with Crippen LogP contribution in [0.3, 0.4) is 0 Å². The number of likely N-dealkylation sites (tertiary alicyclic amines) is 1. The van der Waals surface area contributed by atoms with Crippen LogP contribution < -0.4 is 4.74 Å². The van der Waals surface area contributed by atoms with Crippen molar-refractivity contribution in [2.75, 3.05) is 39.8 Å². The van der Waals surface area contributed by atoms with Crippen LogP contribution >= 0.6 is 15.9 Å². The third-order valence-electron chi connectivity index (χ3n) is 6.06. The number of rotatable bonds is 7. The number of carbonyl (C=O) groups excluding carboxylic acids is 1. The molecule has 0 aromatic heterocycles. The van der Waals surface area contributed by atoms with Crippen LogP contribution in [-0.4, -0.2) is 61.8 Å². The highest BCUT2D eigenvalue weighted by Gasteiger charge is 2.36. The van der Waals surface area contributed by atoms with Gasteiger partial charge in [0.15, 0.2) is 0 Å². The second-order valence-electron chi connectivity index (χ2n) is 8.26. The van der Waals surface area contributed by atoms with Gasteiger partial charge in [-0.1, -0.05) is 15.9 Å². The SMILES string of the molecule is COc1ccc(Br)c(CC2CCN(CC3CN(CC4CC4)C(=O)O3)CC2)c1. The van der Waals surface area contributed by atoms with Gasteiger partial charge in [0.1, 0.15) is 11.9 Å². The van der Waals surface area contributed by atoms with E-state index in [-0.39, 0.29) is 12.2 Å². The molecule has 0 spiro atoms. The lowest BCUT2D eigenvalue weighted by molar-refractivity contribution is 0.0904. The minimum Gasteiger partial charge on any atom is -0.497 e. The topological polar surface area (TPSA) is 42.0 Å². The fraction of sp³-hybridized carbons (Fsp3) is 0.667. The summed E-state index contributed by atoms with van der Waals surface area (Å²) in [6.45, 7) is 4.72. The number of piperidine rings is 1. The zero-order valence-corrected chi connectivity index (χ0v) is 17.6. The second kappa shape index (κ2) is 8.39. The van der Waals surface area contributed by atoms with Crippen molar-refractivity contribution >= 4 is 22.0 Å². The van der Waals surface area contributed by atoms with Gasteiger partial charge in [-0.25, -0.2) is 4.79 Å². The van der Waals surface area contributed by atoms with Crippen molar-refractivity contribution < 1.29 is 14.3 Å². The lowest BCUT2D eigenvalue weighted by Gasteiger charge is -2.33. The van der Waals surface area contributed by atoms with Crippen LogP contribution in [-0.2, 0) is 11.2 Å². The molecule has 27 heavy (non-hydrogen) atoms. The van der Waals surface area contributed by atoms with E-state index in [9.17, 15) is 4.79 Å². The monoisotopic (exact) mass is 436 g/mol. The Morgan fingerprint density at radius 2 is 1.93 bits per heavy atom. The maximum Gasteiger partial charge on any atom is 0.410 e. The van der Waals surface area contributed by atoms with Crippen molar-refractivity contribution in [3.8, 4) is 5.75 Å². The first-order chi connectivity index (χ1) is 13.1. The molecule has 1 atom stereocenters. The molecule has 5 nitrogen and oxygen atoms in total. The number of ether oxygens (including phenoxy) is 2. The number of halogens is 1. The Bertz CT molecular complexity index is 671. The molecule has 3 aliphatic rings. The molecule has 2 aliphatic heterocycles. The van der Waals surface area contributed by atoms with Crippen molar-refractivity contribution in [2.24, 2.45) is 11.8 Å². The Morgan fingerprint density at radius 3 is 2.63 bits per heavy atom. The van der Waals surface area contributed by atoms with Crippen molar-refractivity contribution in [1.29, 1.82) is 0 Å². The first kappa shape index (κ1) is 19.1. The van der Waals surface area contributed by atoms with Gasteiger partial charge in [-0.05, 0) is 80.8 Å². The molecule has 148 valence electrons. The van der Waals surface area contributed by atoms with Gasteiger partial charge in [-0.3, -0.25) is 4.90 Å². The van der Waals surface area contributed by atoms with Crippen LogP contribution in [0.4, 0.5) is 4.79 Å². The molecule has 1 aliphatic carbocycles. The molecule has 4 rings (SSSR count). The van der Waals surface area contributed by atoms with E-state index >= 15 is 0 Å². The van der Waals surface area contributed by atoms with Gasteiger partial charge in [0, 0.05) is 17.6 Å². The molecule has 3 fully saturated rings. The molecule has 0 bridgehead atoms. The summed E-state index contributed by atoms with van der Waals surface area (Å²) in [4.78, 5) is 16.4. The summed E-state index contributed by atoms with van der Waals surface area (Å²) in [7, 11) is 1.72. The van der Waals surface area contributed by atoms with Crippen LogP contribution in [0, 0.1) is 11.8 Å². The third-order valence-corrected chi connectivity index (χ3v) is 6.83. The first-order valence-corrected chi connectivity index (χ1v) is 10.9. The van der Waals surface area contributed by atoms with E-state index in [0.717, 1.165) is 50.8 Å². The van der Waals surface area contributed by atoms with E-state index in [4.69, 9.17) is 9.47 Å². The minimum atomic E-state index is -0.107. The Kier molecular flexibility index (Phi) is 5.93. The maximum atomic E-state index is 12.0. The molecule has 1 aromatic carbocycles.